The summed E-state index contributed by atoms with van der Waals surface area (Å²) in [6.45, 7) is 12.8. The maximum Gasteiger partial charge on any atom is 0.306 e. The van der Waals surface area contributed by atoms with Gasteiger partial charge in [-0.1, -0.05) is 24.8 Å². The minimum atomic E-state index is -0.396. The van der Waals surface area contributed by atoms with Gasteiger partial charge in [0.05, 0.1) is 0 Å². The van der Waals surface area contributed by atoms with Gasteiger partial charge in [0.25, 0.3) is 0 Å². The first-order valence-electron chi connectivity index (χ1n) is 4.37. The van der Waals surface area contributed by atoms with E-state index in [1.54, 1.807) is 6.08 Å². The molecule has 0 heterocycles. The molecule has 0 aromatic rings. The average molecular weight is 182 g/mol. The van der Waals surface area contributed by atoms with E-state index in [1.165, 1.54) is 0 Å². The highest BCUT2D eigenvalue weighted by Gasteiger charge is 2.15. The molecule has 0 amide bonds. The summed E-state index contributed by atoms with van der Waals surface area (Å²) < 4.78 is 5.12. The summed E-state index contributed by atoms with van der Waals surface area (Å²) in [6.07, 6.45) is 2.66. The van der Waals surface area contributed by atoms with Crippen LogP contribution in [0.3, 0.4) is 0 Å². The van der Waals surface area contributed by atoms with Crippen molar-refractivity contribution in [3.05, 3.63) is 24.8 Å². The molecule has 0 radical (unpaired) electrons. The van der Waals surface area contributed by atoms with Gasteiger partial charge in [0.15, 0.2) is 0 Å². The summed E-state index contributed by atoms with van der Waals surface area (Å²) >= 11 is 0. The van der Waals surface area contributed by atoms with Crippen LogP contribution in [0.25, 0.3) is 0 Å². The first-order valence-corrected chi connectivity index (χ1v) is 4.37. The van der Waals surface area contributed by atoms with Gasteiger partial charge in [-0.05, 0) is 27.2 Å². The average Bonchev–Trinajstić information content (AvgIpc) is 1.97. The van der Waals surface area contributed by atoms with Gasteiger partial charge in [0, 0.05) is 6.42 Å². The largest absolute Gasteiger partial charge is 0.460 e. The molecule has 0 fully saturated rings. The molecule has 0 N–H and O–H groups in total. The Labute approximate surface area is 80.3 Å². The van der Waals surface area contributed by atoms with Crippen LogP contribution in [-0.2, 0) is 9.53 Å². The first kappa shape index (κ1) is 11.9. The monoisotopic (exact) mass is 182 g/mol. The maximum absolute atomic E-state index is 11.2. The molecule has 0 unspecified atom stereocenters. The van der Waals surface area contributed by atoms with Crippen LogP contribution in [-0.4, -0.2) is 11.6 Å². The molecule has 0 rings (SSSR count). The van der Waals surface area contributed by atoms with E-state index in [4.69, 9.17) is 4.74 Å². The van der Waals surface area contributed by atoms with Crippen LogP contribution in [0.2, 0.25) is 0 Å². The topological polar surface area (TPSA) is 26.3 Å². The van der Waals surface area contributed by atoms with E-state index in [2.05, 4.69) is 13.2 Å². The molecule has 0 aromatic carbocycles. The molecule has 0 spiro atoms. The van der Waals surface area contributed by atoms with Crippen LogP contribution in [0, 0.1) is 0 Å². The molecule has 13 heavy (non-hydrogen) atoms. The van der Waals surface area contributed by atoms with Crippen molar-refractivity contribution >= 4 is 5.97 Å². The summed E-state index contributed by atoms with van der Waals surface area (Å²) in [5.41, 5.74) is 0.470. The highest BCUT2D eigenvalue weighted by atomic mass is 16.6. The minimum Gasteiger partial charge on any atom is -0.460 e. The number of esters is 1. The number of allylic oxidation sites excluding steroid dienone is 2. The zero-order chi connectivity index (χ0) is 10.5. The van der Waals surface area contributed by atoms with Crippen LogP contribution >= 0.6 is 0 Å². The van der Waals surface area contributed by atoms with Crippen molar-refractivity contribution in [1.29, 1.82) is 0 Å². The zero-order valence-corrected chi connectivity index (χ0v) is 8.72. The van der Waals surface area contributed by atoms with E-state index in [0.29, 0.717) is 12.8 Å². The molecule has 0 aliphatic carbocycles. The Hall–Kier alpha value is -1.05. The quantitative estimate of drug-likeness (QED) is 0.493. The molecule has 0 aliphatic rings. The van der Waals surface area contributed by atoms with Crippen molar-refractivity contribution in [3.63, 3.8) is 0 Å². The lowest BCUT2D eigenvalue weighted by atomic mass is 10.1. The van der Waals surface area contributed by atoms with E-state index < -0.39 is 5.60 Å². The summed E-state index contributed by atoms with van der Waals surface area (Å²) in [5, 5.41) is 0. The van der Waals surface area contributed by atoms with E-state index >= 15 is 0 Å². The SMILES string of the molecule is C=CC(=C)CCC(=O)OC(C)(C)C. The number of carbonyl (C=O) groups excluding carboxylic acids is 1. The van der Waals surface area contributed by atoms with Gasteiger partial charge >= 0.3 is 5.97 Å². The fourth-order valence-corrected chi connectivity index (χ4v) is 0.757. The van der Waals surface area contributed by atoms with E-state index in [-0.39, 0.29) is 5.97 Å². The fraction of sp³-hybridized carbons (Fsp3) is 0.545. The molecular weight excluding hydrogens is 164 g/mol. The number of hydrogen-bond donors (Lipinski definition) is 0. The lowest BCUT2D eigenvalue weighted by Crippen LogP contribution is -2.23. The number of hydrogen-bond acceptors (Lipinski definition) is 2. The third-order valence-corrected chi connectivity index (χ3v) is 1.36. The molecule has 0 saturated carbocycles. The summed E-state index contributed by atoms with van der Waals surface area (Å²) in [5.74, 6) is -0.185. The van der Waals surface area contributed by atoms with Crippen LogP contribution in [0.15, 0.2) is 24.8 Å². The third-order valence-electron chi connectivity index (χ3n) is 1.36. The van der Waals surface area contributed by atoms with Crippen LogP contribution in [0.1, 0.15) is 33.6 Å². The molecule has 0 bridgehead atoms. The predicted molar refractivity (Wildman–Crippen MR) is 54.4 cm³/mol. The van der Waals surface area contributed by atoms with E-state index in [9.17, 15) is 4.79 Å². The highest BCUT2D eigenvalue weighted by Crippen LogP contribution is 2.11. The Kier molecular flexibility index (Phi) is 4.46. The molecular formula is C11H18O2. The van der Waals surface area contributed by atoms with Gasteiger partial charge in [-0.2, -0.15) is 0 Å². The standard InChI is InChI=1S/C11H18O2/c1-6-9(2)7-8-10(12)13-11(3,4)5/h6H,1-2,7-8H2,3-5H3. The first-order chi connectivity index (χ1) is 5.85. The highest BCUT2D eigenvalue weighted by molar-refractivity contribution is 5.70. The Balaban J connectivity index is 3.77. The predicted octanol–water partition coefficient (Wildman–Crippen LogP) is 2.85. The summed E-state index contributed by atoms with van der Waals surface area (Å²) in [6, 6.07) is 0. The Morgan fingerprint density at radius 3 is 2.31 bits per heavy atom. The van der Waals surface area contributed by atoms with Crippen molar-refractivity contribution in [2.45, 2.75) is 39.2 Å². The smallest absolute Gasteiger partial charge is 0.306 e. The third kappa shape index (κ3) is 7.32. The molecule has 0 aromatic heterocycles. The van der Waals surface area contributed by atoms with Crippen molar-refractivity contribution in [1.82, 2.24) is 0 Å². The van der Waals surface area contributed by atoms with Gasteiger partial charge in [-0.3, -0.25) is 4.79 Å². The number of ether oxygens (including phenoxy) is 1. The molecule has 0 aliphatic heterocycles. The molecule has 0 saturated heterocycles. The van der Waals surface area contributed by atoms with E-state index in [1.807, 2.05) is 20.8 Å². The molecule has 2 heteroatoms. The number of rotatable bonds is 4. The van der Waals surface area contributed by atoms with Crippen molar-refractivity contribution in [3.8, 4) is 0 Å². The molecule has 2 nitrogen and oxygen atoms in total. The second-order valence-electron chi connectivity index (χ2n) is 3.95. The maximum atomic E-state index is 11.2. The number of carbonyl (C=O) groups is 1. The van der Waals surface area contributed by atoms with Crippen molar-refractivity contribution in [2.24, 2.45) is 0 Å². The second-order valence-corrected chi connectivity index (χ2v) is 3.95. The Bertz CT molecular complexity index is 209. The van der Waals surface area contributed by atoms with Crippen LogP contribution in [0.5, 0.6) is 0 Å². The fourth-order valence-electron chi connectivity index (χ4n) is 0.757. The van der Waals surface area contributed by atoms with Crippen LogP contribution in [0.4, 0.5) is 0 Å². The van der Waals surface area contributed by atoms with Gasteiger partial charge < -0.3 is 4.74 Å². The molecule has 74 valence electrons. The second kappa shape index (κ2) is 4.85. The lowest BCUT2D eigenvalue weighted by Gasteiger charge is -2.19. The van der Waals surface area contributed by atoms with Crippen molar-refractivity contribution < 1.29 is 9.53 Å². The van der Waals surface area contributed by atoms with Gasteiger partial charge in [0.2, 0.25) is 0 Å². The summed E-state index contributed by atoms with van der Waals surface area (Å²) in [4.78, 5) is 11.2. The van der Waals surface area contributed by atoms with Gasteiger partial charge in [-0.25, -0.2) is 0 Å². The summed E-state index contributed by atoms with van der Waals surface area (Å²) in [7, 11) is 0. The Morgan fingerprint density at radius 1 is 1.38 bits per heavy atom. The minimum absolute atomic E-state index is 0.185. The van der Waals surface area contributed by atoms with E-state index in [0.717, 1.165) is 5.57 Å². The lowest BCUT2D eigenvalue weighted by molar-refractivity contribution is -0.154. The zero-order valence-electron chi connectivity index (χ0n) is 8.72. The normalized spacial score (nSPS) is 10.7. The molecule has 0 atom stereocenters. The Morgan fingerprint density at radius 2 is 1.92 bits per heavy atom. The van der Waals surface area contributed by atoms with Gasteiger partial charge in [-0.15, -0.1) is 0 Å². The van der Waals surface area contributed by atoms with Crippen molar-refractivity contribution in [2.75, 3.05) is 0 Å². The van der Waals surface area contributed by atoms with Crippen LogP contribution < -0.4 is 0 Å². The van der Waals surface area contributed by atoms with Gasteiger partial charge in [0.1, 0.15) is 5.60 Å².